The van der Waals surface area contributed by atoms with Gasteiger partial charge in [0.25, 0.3) is 5.91 Å². The predicted octanol–water partition coefficient (Wildman–Crippen LogP) is 3.06. The molecule has 0 atom stereocenters. The van der Waals surface area contributed by atoms with Crippen LogP contribution in [0.1, 0.15) is 25.9 Å². The zero-order chi connectivity index (χ0) is 14.0. The van der Waals surface area contributed by atoms with Crippen LogP contribution in [0.15, 0.2) is 23.6 Å². The molecule has 2 rings (SSSR count). The molecule has 0 radical (unpaired) electrons. The van der Waals surface area contributed by atoms with Gasteiger partial charge in [0.1, 0.15) is 0 Å². The summed E-state index contributed by atoms with van der Waals surface area (Å²) in [5.74, 6) is -1.61. The molecule has 0 aliphatic rings. The van der Waals surface area contributed by atoms with Crippen LogP contribution >= 0.6 is 22.9 Å². The van der Waals surface area contributed by atoms with Crippen molar-refractivity contribution in [2.45, 2.75) is 6.92 Å². The molecule has 0 fully saturated rings. The fraction of sp³-hybridized carbons (Fsp3) is 0.0833. The van der Waals surface area contributed by atoms with E-state index in [4.69, 9.17) is 16.7 Å². The number of amides is 1. The number of hydrogen-bond acceptors (Lipinski definition) is 4. The standard InChI is InChI=1S/C12H9ClN2O3S/c1-6-7(13)3-2-4-8(6)14-10(16)11-15-9(5-19-11)12(17)18/h2-5H,1H3,(H,14,16)(H,17,18). The molecule has 1 amide bonds. The first-order valence-electron chi connectivity index (χ1n) is 5.24. The molecule has 0 unspecified atom stereocenters. The molecule has 19 heavy (non-hydrogen) atoms. The maximum atomic E-state index is 11.9. The van der Waals surface area contributed by atoms with Gasteiger partial charge in [-0.1, -0.05) is 17.7 Å². The highest BCUT2D eigenvalue weighted by Gasteiger charge is 2.15. The number of aromatic nitrogens is 1. The van der Waals surface area contributed by atoms with E-state index in [1.807, 2.05) is 0 Å². The number of rotatable bonds is 3. The van der Waals surface area contributed by atoms with Gasteiger partial charge in [0.05, 0.1) is 0 Å². The van der Waals surface area contributed by atoms with E-state index in [-0.39, 0.29) is 10.7 Å². The minimum atomic E-state index is -1.16. The number of nitrogens with zero attached hydrogens (tertiary/aromatic N) is 1. The van der Waals surface area contributed by atoms with Crippen molar-refractivity contribution in [3.8, 4) is 0 Å². The van der Waals surface area contributed by atoms with Gasteiger partial charge in [-0.15, -0.1) is 11.3 Å². The summed E-state index contributed by atoms with van der Waals surface area (Å²) in [6.07, 6.45) is 0. The quantitative estimate of drug-likeness (QED) is 0.912. The summed E-state index contributed by atoms with van der Waals surface area (Å²) >= 11 is 6.93. The monoisotopic (exact) mass is 296 g/mol. The number of carboxylic acids is 1. The summed E-state index contributed by atoms with van der Waals surface area (Å²) in [5.41, 5.74) is 1.18. The van der Waals surface area contributed by atoms with Crippen LogP contribution in [0.5, 0.6) is 0 Å². The van der Waals surface area contributed by atoms with Gasteiger partial charge in [0, 0.05) is 16.1 Å². The van der Waals surface area contributed by atoms with Gasteiger partial charge in [-0.3, -0.25) is 4.79 Å². The first-order valence-corrected chi connectivity index (χ1v) is 6.50. The van der Waals surface area contributed by atoms with Gasteiger partial charge in [-0.2, -0.15) is 0 Å². The summed E-state index contributed by atoms with van der Waals surface area (Å²) in [6, 6.07) is 5.15. The van der Waals surface area contributed by atoms with Gasteiger partial charge in [-0.05, 0) is 24.6 Å². The number of aromatic carboxylic acids is 1. The maximum absolute atomic E-state index is 11.9. The molecule has 7 heteroatoms. The zero-order valence-corrected chi connectivity index (χ0v) is 11.4. The molecular formula is C12H9ClN2O3S. The second-order valence-corrected chi connectivity index (χ2v) is 4.97. The first-order chi connectivity index (χ1) is 8.99. The van der Waals surface area contributed by atoms with E-state index < -0.39 is 11.9 Å². The van der Waals surface area contributed by atoms with Crippen molar-refractivity contribution in [3.05, 3.63) is 44.9 Å². The average Bonchev–Trinajstić information content (AvgIpc) is 2.84. The van der Waals surface area contributed by atoms with Gasteiger partial charge in [0.15, 0.2) is 10.7 Å². The number of halogens is 1. The van der Waals surface area contributed by atoms with Crippen LogP contribution in [0, 0.1) is 6.92 Å². The van der Waals surface area contributed by atoms with E-state index in [1.54, 1.807) is 25.1 Å². The Morgan fingerprint density at radius 1 is 1.42 bits per heavy atom. The predicted molar refractivity (Wildman–Crippen MR) is 73.2 cm³/mol. The molecule has 0 spiro atoms. The third kappa shape index (κ3) is 2.91. The van der Waals surface area contributed by atoms with Gasteiger partial charge < -0.3 is 10.4 Å². The van der Waals surface area contributed by atoms with Crippen molar-refractivity contribution in [3.63, 3.8) is 0 Å². The molecule has 0 aliphatic heterocycles. The Kier molecular flexibility index (Phi) is 3.82. The van der Waals surface area contributed by atoms with Crippen LogP contribution in [0.25, 0.3) is 0 Å². The minimum absolute atomic E-state index is 0.0942. The highest BCUT2D eigenvalue weighted by atomic mass is 35.5. The number of benzene rings is 1. The molecular weight excluding hydrogens is 288 g/mol. The van der Waals surface area contributed by atoms with E-state index >= 15 is 0 Å². The van der Waals surface area contributed by atoms with Crippen LogP contribution in [0.3, 0.4) is 0 Å². The van der Waals surface area contributed by atoms with Crippen molar-refractivity contribution in [2.24, 2.45) is 0 Å². The summed E-state index contributed by atoms with van der Waals surface area (Å²) < 4.78 is 0. The SMILES string of the molecule is Cc1c(Cl)cccc1NC(=O)c1nc(C(=O)O)cs1. The topological polar surface area (TPSA) is 79.3 Å². The first kappa shape index (κ1) is 13.5. The van der Waals surface area contributed by atoms with E-state index in [0.29, 0.717) is 10.7 Å². The molecule has 0 aliphatic carbocycles. The van der Waals surface area contributed by atoms with Crippen LogP contribution in [0.4, 0.5) is 5.69 Å². The highest BCUT2D eigenvalue weighted by Crippen LogP contribution is 2.23. The normalized spacial score (nSPS) is 10.2. The summed E-state index contributed by atoms with van der Waals surface area (Å²) in [5, 5.41) is 13.4. The second kappa shape index (κ2) is 5.38. The van der Waals surface area contributed by atoms with Gasteiger partial charge in [0.2, 0.25) is 0 Å². The molecule has 0 bridgehead atoms. The second-order valence-electron chi connectivity index (χ2n) is 3.71. The molecule has 2 aromatic rings. The van der Waals surface area contributed by atoms with E-state index in [1.165, 1.54) is 5.38 Å². The number of thiazole rings is 1. The Morgan fingerprint density at radius 2 is 2.16 bits per heavy atom. The fourth-order valence-corrected chi connectivity index (χ4v) is 2.26. The number of carbonyl (C=O) groups is 2. The fourth-order valence-electron chi connectivity index (χ4n) is 1.39. The third-order valence-corrected chi connectivity index (χ3v) is 3.68. The molecule has 1 aromatic heterocycles. The number of anilines is 1. The maximum Gasteiger partial charge on any atom is 0.355 e. The van der Waals surface area contributed by atoms with Crippen molar-refractivity contribution in [1.82, 2.24) is 4.98 Å². The highest BCUT2D eigenvalue weighted by molar-refractivity contribution is 7.12. The molecule has 1 aromatic carbocycles. The largest absolute Gasteiger partial charge is 0.476 e. The Labute approximate surface area is 117 Å². The van der Waals surface area contributed by atoms with Crippen LogP contribution in [0.2, 0.25) is 5.02 Å². The third-order valence-electron chi connectivity index (χ3n) is 2.43. The van der Waals surface area contributed by atoms with Crippen LogP contribution in [-0.4, -0.2) is 22.0 Å². The molecule has 1 heterocycles. The van der Waals surface area contributed by atoms with E-state index in [9.17, 15) is 9.59 Å². The van der Waals surface area contributed by atoms with Crippen molar-refractivity contribution >= 4 is 40.5 Å². The van der Waals surface area contributed by atoms with Crippen molar-refractivity contribution in [1.29, 1.82) is 0 Å². The Morgan fingerprint density at radius 3 is 2.79 bits per heavy atom. The van der Waals surface area contributed by atoms with Gasteiger partial charge in [-0.25, -0.2) is 9.78 Å². The molecule has 0 saturated heterocycles. The number of hydrogen-bond donors (Lipinski definition) is 2. The van der Waals surface area contributed by atoms with E-state index in [2.05, 4.69) is 10.3 Å². The van der Waals surface area contributed by atoms with E-state index in [0.717, 1.165) is 16.9 Å². The van der Waals surface area contributed by atoms with Crippen molar-refractivity contribution in [2.75, 3.05) is 5.32 Å². The molecule has 2 N–H and O–H groups in total. The lowest BCUT2D eigenvalue weighted by molar-refractivity contribution is 0.0691. The number of carbonyl (C=O) groups excluding carboxylic acids is 1. The summed E-state index contributed by atoms with van der Waals surface area (Å²) in [4.78, 5) is 26.3. The Balaban J connectivity index is 2.21. The van der Waals surface area contributed by atoms with Crippen molar-refractivity contribution < 1.29 is 14.7 Å². The van der Waals surface area contributed by atoms with Crippen LogP contribution in [-0.2, 0) is 0 Å². The van der Waals surface area contributed by atoms with Gasteiger partial charge >= 0.3 is 5.97 Å². The summed E-state index contributed by atoms with van der Waals surface area (Å²) in [6.45, 7) is 1.78. The molecule has 98 valence electrons. The molecule has 5 nitrogen and oxygen atoms in total. The van der Waals surface area contributed by atoms with Crippen LogP contribution < -0.4 is 5.32 Å². The smallest absolute Gasteiger partial charge is 0.355 e. The Bertz CT molecular complexity index is 654. The minimum Gasteiger partial charge on any atom is -0.476 e. The zero-order valence-electron chi connectivity index (χ0n) is 9.81. The molecule has 0 saturated carbocycles. The lowest BCUT2D eigenvalue weighted by Gasteiger charge is -2.07. The average molecular weight is 297 g/mol. The lowest BCUT2D eigenvalue weighted by atomic mass is 10.2. The lowest BCUT2D eigenvalue weighted by Crippen LogP contribution is -2.13. The Hall–Kier alpha value is -1.92. The summed E-state index contributed by atoms with van der Waals surface area (Å²) in [7, 11) is 0. The number of nitrogens with one attached hydrogen (secondary N) is 1. The number of carboxylic acid groups (broad SMARTS) is 1.